The molecule has 4 heteroatoms. The number of anilines is 1. The minimum atomic E-state index is -0.267. The molecule has 2 rings (SSSR count). The lowest BCUT2D eigenvalue weighted by atomic mass is 10.1. The fourth-order valence-electron chi connectivity index (χ4n) is 1.81. The summed E-state index contributed by atoms with van der Waals surface area (Å²) in [7, 11) is 0. The van der Waals surface area contributed by atoms with Gasteiger partial charge in [0, 0.05) is 17.8 Å². The first-order valence-electron chi connectivity index (χ1n) is 6.36. The first-order valence-corrected chi connectivity index (χ1v) is 6.36. The molecule has 104 valence electrons. The molecule has 0 aromatic heterocycles. The van der Waals surface area contributed by atoms with Crippen molar-refractivity contribution in [3.05, 3.63) is 64.5 Å². The zero-order valence-corrected chi connectivity index (χ0v) is 11.5. The van der Waals surface area contributed by atoms with Gasteiger partial charge >= 0.3 is 0 Å². The molecular formula is C16H17FN2O. The number of carbonyl (C=O) groups excluding carboxylic acids is 1. The second-order valence-electron chi connectivity index (χ2n) is 4.84. The van der Waals surface area contributed by atoms with E-state index in [1.165, 1.54) is 6.07 Å². The van der Waals surface area contributed by atoms with Crippen LogP contribution < -0.4 is 11.1 Å². The molecule has 0 aliphatic carbocycles. The Bertz CT molecular complexity index is 653. The van der Waals surface area contributed by atoms with Crippen molar-refractivity contribution in [2.75, 3.05) is 5.73 Å². The number of aryl methyl sites for hydroxylation is 2. The molecule has 3 nitrogen and oxygen atoms in total. The predicted molar refractivity (Wildman–Crippen MR) is 77.9 cm³/mol. The second kappa shape index (κ2) is 5.74. The highest BCUT2D eigenvalue weighted by molar-refractivity contribution is 5.95. The number of halogens is 1. The summed E-state index contributed by atoms with van der Waals surface area (Å²) in [6, 6.07) is 10.1. The first-order chi connectivity index (χ1) is 9.47. The SMILES string of the molecule is Cc1ccc(C(=O)NCc2ccc(C)c(F)c2)cc1N. The molecule has 0 saturated heterocycles. The third-order valence-electron chi connectivity index (χ3n) is 3.23. The van der Waals surface area contributed by atoms with Crippen LogP contribution in [0.25, 0.3) is 0 Å². The molecule has 20 heavy (non-hydrogen) atoms. The van der Waals surface area contributed by atoms with Crippen LogP contribution in [-0.4, -0.2) is 5.91 Å². The molecule has 0 unspecified atom stereocenters. The normalized spacial score (nSPS) is 10.3. The zero-order valence-electron chi connectivity index (χ0n) is 11.5. The van der Waals surface area contributed by atoms with Gasteiger partial charge in [0.05, 0.1) is 0 Å². The van der Waals surface area contributed by atoms with Gasteiger partial charge in [0.1, 0.15) is 5.82 Å². The van der Waals surface area contributed by atoms with Crippen molar-refractivity contribution in [1.82, 2.24) is 5.32 Å². The summed E-state index contributed by atoms with van der Waals surface area (Å²) in [5.74, 6) is -0.492. The van der Waals surface area contributed by atoms with Crippen molar-refractivity contribution in [3.63, 3.8) is 0 Å². The standard InChI is InChI=1S/C16H17FN2O/c1-10-3-5-12(7-14(10)17)9-19-16(20)13-6-4-11(2)15(18)8-13/h3-8H,9,18H2,1-2H3,(H,19,20). The number of hydrogen-bond acceptors (Lipinski definition) is 2. The summed E-state index contributed by atoms with van der Waals surface area (Å²) in [6.07, 6.45) is 0. The van der Waals surface area contributed by atoms with Gasteiger partial charge in [0.15, 0.2) is 0 Å². The van der Waals surface area contributed by atoms with E-state index >= 15 is 0 Å². The Kier molecular flexibility index (Phi) is 4.03. The minimum absolute atomic E-state index is 0.224. The van der Waals surface area contributed by atoms with E-state index in [9.17, 15) is 9.18 Å². The Morgan fingerprint density at radius 3 is 2.50 bits per heavy atom. The van der Waals surface area contributed by atoms with Gasteiger partial charge in [-0.05, 0) is 48.7 Å². The number of carbonyl (C=O) groups is 1. The number of rotatable bonds is 3. The van der Waals surface area contributed by atoms with E-state index in [0.29, 0.717) is 16.8 Å². The van der Waals surface area contributed by atoms with Gasteiger partial charge < -0.3 is 11.1 Å². The number of benzene rings is 2. The van der Waals surface area contributed by atoms with E-state index in [4.69, 9.17) is 5.73 Å². The summed E-state index contributed by atoms with van der Waals surface area (Å²) in [5.41, 5.74) is 9.10. The maximum Gasteiger partial charge on any atom is 0.251 e. The van der Waals surface area contributed by atoms with Crippen LogP contribution in [0.15, 0.2) is 36.4 Å². The van der Waals surface area contributed by atoms with Gasteiger partial charge in [-0.15, -0.1) is 0 Å². The molecule has 0 spiro atoms. The lowest BCUT2D eigenvalue weighted by Crippen LogP contribution is -2.23. The number of amides is 1. The Hall–Kier alpha value is -2.36. The van der Waals surface area contributed by atoms with Crippen LogP contribution in [0, 0.1) is 19.7 Å². The van der Waals surface area contributed by atoms with Gasteiger partial charge in [0.25, 0.3) is 5.91 Å². The van der Waals surface area contributed by atoms with Gasteiger partial charge in [-0.2, -0.15) is 0 Å². The van der Waals surface area contributed by atoms with E-state index in [1.54, 1.807) is 37.3 Å². The van der Waals surface area contributed by atoms with Gasteiger partial charge in [-0.25, -0.2) is 4.39 Å². The van der Waals surface area contributed by atoms with Crippen LogP contribution >= 0.6 is 0 Å². The average molecular weight is 272 g/mol. The third kappa shape index (κ3) is 3.15. The number of nitrogen functional groups attached to an aromatic ring is 1. The first kappa shape index (κ1) is 14.1. The molecule has 2 aromatic rings. The van der Waals surface area contributed by atoms with Crippen molar-refractivity contribution in [2.45, 2.75) is 20.4 Å². The molecule has 0 saturated carbocycles. The van der Waals surface area contributed by atoms with Crippen molar-refractivity contribution >= 4 is 11.6 Å². The maximum atomic E-state index is 13.4. The van der Waals surface area contributed by atoms with Crippen LogP contribution in [0.1, 0.15) is 27.0 Å². The molecule has 0 atom stereocenters. The quantitative estimate of drug-likeness (QED) is 0.844. The monoisotopic (exact) mass is 272 g/mol. The lowest BCUT2D eigenvalue weighted by molar-refractivity contribution is 0.0951. The summed E-state index contributed by atoms with van der Waals surface area (Å²) >= 11 is 0. The van der Waals surface area contributed by atoms with Crippen LogP contribution in [0.2, 0.25) is 0 Å². The molecular weight excluding hydrogens is 255 g/mol. The Morgan fingerprint density at radius 2 is 1.85 bits per heavy atom. The second-order valence-corrected chi connectivity index (χ2v) is 4.84. The molecule has 0 radical (unpaired) electrons. The van der Waals surface area contributed by atoms with Gasteiger partial charge in [-0.3, -0.25) is 4.79 Å². The van der Waals surface area contributed by atoms with Crippen LogP contribution in [0.3, 0.4) is 0 Å². The van der Waals surface area contributed by atoms with Crippen molar-refractivity contribution in [3.8, 4) is 0 Å². The summed E-state index contributed by atoms with van der Waals surface area (Å²) in [4.78, 5) is 12.0. The smallest absolute Gasteiger partial charge is 0.251 e. The molecule has 1 amide bonds. The summed E-state index contributed by atoms with van der Waals surface area (Å²) in [5, 5.41) is 2.75. The molecule has 0 fully saturated rings. The topological polar surface area (TPSA) is 55.1 Å². The van der Waals surface area contributed by atoms with E-state index in [2.05, 4.69) is 5.32 Å². The molecule has 2 aromatic carbocycles. The highest BCUT2D eigenvalue weighted by atomic mass is 19.1. The Balaban J connectivity index is 2.04. The molecule has 0 aliphatic heterocycles. The maximum absolute atomic E-state index is 13.4. The third-order valence-corrected chi connectivity index (χ3v) is 3.23. The van der Waals surface area contributed by atoms with Gasteiger partial charge in [-0.1, -0.05) is 18.2 Å². The zero-order chi connectivity index (χ0) is 14.7. The van der Waals surface area contributed by atoms with Crippen molar-refractivity contribution in [1.29, 1.82) is 0 Å². The largest absolute Gasteiger partial charge is 0.398 e. The highest BCUT2D eigenvalue weighted by Crippen LogP contribution is 2.13. The summed E-state index contributed by atoms with van der Waals surface area (Å²) in [6.45, 7) is 3.86. The molecule has 3 N–H and O–H groups in total. The number of nitrogens with two attached hydrogens (primary N) is 1. The minimum Gasteiger partial charge on any atom is -0.398 e. The Morgan fingerprint density at radius 1 is 1.15 bits per heavy atom. The molecule has 0 bridgehead atoms. The Labute approximate surface area is 117 Å². The van der Waals surface area contributed by atoms with Crippen molar-refractivity contribution in [2.24, 2.45) is 0 Å². The van der Waals surface area contributed by atoms with E-state index in [0.717, 1.165) is 11.1 Å². The molecule has 0 aliphatic rings. The number of nitrogens with one attached hydrogen (secondary N) is 1. The highest BCUT2D eigenvalue weighted by Gasteiger charge is 2.07. The fraction of sp³-hybridized carbons (Fsp3) is 0.188. The lowest BCUT2D eigenvalue weighted by Gasteiger charge is -2.08. The van der Waals surface area contributed by atoms with Gasteiger partial charge in [0.2, 0.25) is 0 Å². The van der Waals surface area contributed by atoms with E-state index < -0.39 is 0 Å². The van der Waals surface area contributed by atoms with E-state index in [1.807, 2.05) is 6.92 Å². The van der Waals surface area contributed by atoms with Crippen LogP contribution in [-0.2, 0) is 6.54 Å². The average Bonchev–Trinajstić information content (AvgIpc) is 2.43. The van der Waals surface area contributed by atoms with Crippen LogP contribution in [0.5, 0.6) is 0 Å². The molecule has 0 heterocycles. The summed E-state index contributed by atoms with van der Waals surface area (Å²) < 4.78 is 13.4. The fourth-order valence-corrected chi connectivity index (χ4v) is 1.81. The van der Waals surface area contributed by atoms with Crippen molar-refractivity contribution < 1.29 is 9.18 Å². The van der Waals surface area contributed by atoms with E-state index in [-0.39, 0.29) is 18.3 Å². The van der Waals surface area contributed by atoms with Crippen LogP contribution in [0.4, 0.5) is 10.1 Å². The predicted octanol–water partition coefficient (Wildman–Crippen LogP) is 2.95. The number of hydrogen-bond donors (Lipinski definition) is 2.